The molecule has 0 saturated carbocycles. The van der Waals surface area contributed by atoms with Gasteiger partial charge in [0.25, 0.3) is 0 Å². The zero-order chi connectivity index (χ0) is 22.8. The smallest absolute Gasteiger partial charge is 0.159 e. The molecule has 0 aliphatic carbocycles. The molecule has 3 aromatic carbocycles. The number of rotatable bonds is 5. The number of anilines is 2. The fraction of sp³-hybridized carbons (Fsp3) is 0.115. The molecule has 0 radical (unpaired) electrons. The van der Waals surface area contributed by atoms with Crippen molar-refractivity contribution >= 4 is 34.2 Å². The lowest BCUT2D eigenvalue weighted by Gasteiger charge is -2.14. The molecule has 0 unspecified atom stereocenters. The van der Waals surface area contributed by atoms with Crippen LogP contribution in [0.1, 0.15) is 18.7 Å². The Kier molecular flexibility index (Phi) is 5.52. The predicted molar refractivity (Wildman–Crippen MR) is 127 cm³/mol. The first-order valence-corrected chi connectivity index (χ1v) is 10.5. The van der Waals surface area contributed by atoms with Crippen molar-refractivity contribution in [2.24, 2.45) is 4.99 Å². The number of aromatic nitrogens is 2. The lowest BCUT2D eigenvalue weighted by Crippen LogP contribution is -2.03. The highest BCUT2D eigenvalue weighted by atomic mass is 19.1. The second-order valence-corrected chi connectivity index (χ2v) is 7.67. The third-order valence-corrected chi connectivity index (χ3v) is 5.39. The average Bonchev–Trinajstić information content (AvgIpc) is 2.83. The first kappa shape index (κ1) is 20.8. The van der Waals surface area contributed by atoms with Crippen LogP contribution in [0.25, 0.3) is 27.6 Å². The highest BCUT2D eigenvalue weighted by Crippen LogP contribution is 2.32. The van der Waals surface area contributed by atoms with Crippen LogP contribution in [0.4, 0.5) is 20.3 Å². The highest BCUT2D eigenvalue weighted by Gasteiger charge is 2.15. The zero-order valence-corrected chi connectivity index (χ0v) is 17.8. The molecule has 7 heteroatoms. The number of nitrogens with zero attached hydrogens (tertiary/aromatic N) is 3. The minimum atomic E-state index is -0.669. The van der Waals surface area contributed by atoms with Crippen molar-refractivity contribution in [3.8, 4) is 16.9 Å². The van der Waals surface area contributed by atoms with Crippen LogP contribution >= 0.6 is 0 Å². The largest absolute Gasteiger partial charge is 0.497 e. The third kappa shape index (κ3) is 4.43. The summed E-state index contributed by atoms with van der Waals surface area (Å²) in [5.41, 5.74) is 3.78. The van der Waals surface area contributed by atoms with Gasteiger partial charge >= 0.3 is 0 Å². The Balaban J connectivity index is 1.66. The molecule has 1 N–H and O–H groups in total. The summed E-state index contributed by atoms with van der Waals surface area (Å²) in [4.78, 5) is 13.7. The zero-order valence-electron chi connectivity index (χ0n) is 17.8. The summed E-state index contributed by atoms with van der Waals surface area (Å²) in [6.07, 6.45) is 5.17. The summed E-state index contributed by atoms with van der Waals surface area (Å²) in [6, 6.07) is 16.9. The van der Waals surface area contributed by atoms with E-state index < -0.39 is 11.6 Å². The van der Waals surface area contributed by atoms with Gasteiger partial charge in [-0.2, -0.15) is 0 Å². The Morgan fingerprint density at radius 1 is 0.909 bits per heavy atom. The number of nitrogens with one attached hydrogen (secondary N) is 1. The maximum Gasteiger partial charge on any atom is 0.159 e. The maximum atomic E-state index is 13.8. The number of aliphatic imine (C=N–C) groups is 1. The molecule has 2 heterocycles. The van der Waals surface area contributed by atoms with E-state index in [1.807, 2.05) is 48.7 Å². The number of methoxy groups -OCH3 is 1. The van der Waals surface area contributed by atoms with Gasteiger partial charge in [-0.05, 0) is 60.4 Å². The maximum absolute atomic E-state index is 13.8. The van der Waals surface area contributed by atoms with Crippen LogP contribution in [0.2, 0.25) is 0 Å². The Hall–Kier alpha value is -4.13. The van der Waals surface area contributed by atoms with E-state index in [4.69, 9.17) is 14.7 Å². The van der Waals surface area contributed by atoms with Crippen LogP contribution < -0.4 is 10.1 Å². The second kappa shape index (κ2) is 8.78. The molecular weight excluding hydrogens is 422 g/mol. The van der Waals surface area contributed by atoms with Gasteiger partial charge in [0.05, 0.1) is 12.6 Å². The number of hydrogen-bond donors (Lipinski definition) is 1. The number of allylic oxidation sites excluding steroid dienone is 1. The Bertz CT molecular complexity index is 1390. The van der Waals surface area contributed by atoms with Crippen molar-refractivity contribution in [2.75, 3.05) is 12.4 Å². The fourth-order valence-corrected chi connectivity index (χ4v) is 3.78. The molecule has 164 valence electrons. The Morgan fingerprint density at radius 3 is 2.48 bits per heavy atom. The molecule has 5 rings (SSSR count). The van der Waals surface area contributed by atoms with E-state index in [0.717, 1.165) is 46.7 Å². The summed E-state index contributed by atoms with van der Waals surface area (Å²) in [6.45, 7) is 0. The molecule has 0 fully saturated rings. The quantitative estimate of drug-likeness (QED) is 0.382. The molecule has 0 spiro atoms. The fourth-order valence-electron chi connectivity index (χ4n) is 3.78. The van der Waals surface area contributed by atoms with Crippen molar-refractivity contribution in [3.63, 3.8) is 0 Å². The summed E-state index contributed by atoms with van der Waals surface area (Å²) in [5.74, 6) is 0.403. The van der Waals surface area contributed by atoms with Gasteiger partial charge in [-0.15, -0.1) is 0 Å². The first-order valence-electron chi connectivity index (χ1n) is 10.5. The molecule has 4 aromatic rings. The van der Waals surface area contributed by atoms with Crippen LogP contribution in [0, 0.1) is 11.6 Å². The molecule has 0 amide bonds. The van der Waals surface area contributed by atoms with Gasteiger partial charge in [-0.25, -0.2) is 18.7 Å². The molecule has 1 aliphatic rings. The minimum absolute atomic E-state index is 0.265. The van der Waals surface area contributed by atoms with Gasteiger partial charge in [0, 0.05) is 35.1 Å². The monoisotopic (exact) mass is 442 g/mol. The van der Waals surface area contributed by atoms with Crippen molar-refractivity contribution in [1.82, 2.24) is 9.97 Å². The van der Waals surface area contributed by atoms with Gasteiger partial charge in [0.2, 0.25) is 0 Å². The standard InChI is InChI=1S/C26H20F2N4O/c1-33-22-6-2-4-16(10-22)17-7-8-24-23(11-17)26(30-21-13-19(27)12-20(28)14-21)32-25(31-24)18-5-3-9-29-15-18/h2,4,6-15H,3,5H2,1H3,(H,30,31,32). The van der Waals surface area contributed by atoms with Crippen molar-refractivity contribution < 1.29 is 13.5 Å². The summed E-state index contributed by atoms with van der Waals surface area (Å²) < 4.78 is 33.0. The molecule has 0 saturated heterocycles. The lowest BCUT2D eigenvalue weighted by molar-refractivity contribution is 0.415. The van der Waals surface area contributed by atoms with Gasteiger partial charge in [-0.3, -0.25) is 4.99 Å². The van der Waals surface area contributed by atoms with E-state index in [1.165, 1.54) is 12.1 Å². The highest BCUT2D eigenvalue weighted by molar-refractivity contribution is 5.95. The molecule has 1 aromatic heterocycles. The first-order chi connectivity index (χ1) is 16.1. The van der Waals surface area contributed by atoms with Gasteiger partial charge in [0.1, 0.15) is 23.2 Å². The summed E-state index contributed by atoms with van der Waals surface area (Å²) >= 11 is 0. The molecule has 1 aliphatic heterocycles. The topological polar surface area (TPSA) is 59.4 Å². The van der Waals surface area contributed by atoms with Crippen LogP contribution in [0.5, 0.6) is 5.75 Å². The van der Waals surface area contributed by atoms with E-state index in [9.17, 15) is 8.78 Å². The number of fused-ring (bicyclic) bond motifs is 1. The number of hydrogen-bond acceptors (Lipinski definition) is 5. The summed E-state index contributed by atoms with van der Waals surface area (Å²) in [7, 11) is 1.62. The van der Waals surface area contributed by atoms with Crippen molar-refractivity contribution in [2.45, 2.75) is 12.8 Å². The lowest BCUT2D eigenvalue weighted by atomic mass is 10.0. The van der Waals surface area contributed by atoms with Gasteiger partial charge in [-0.1, -0.05) is 18.2 Å². The molecule has 33 heavy (non-hydrogen) atoms. The average molecular weight is 442 g/mol. The van der Waals surface area contributed by atoms with Gasteiger partial charge < -0.3 is 10.1 Å². The van der Waals surface area contributed by atoms with E-state index in [0.29, 0.717) is 17.2 Å². The minimum Gasteiger partial charge on any atom is -0.497 e. The van der Waals surface area contributed by atoms with Gasteiger partial charge in [0.15, 0.2) is 5.82 Å². The molecular formula is C26H20F2N4O. The van der Waals surface area contributed by atoms with E-state index >= 15 is 0 Å². The normalized spacial score (nSPS) is 13.1. The van der Waals surface area contributed by atoms with Crippen molar-refractivity contribution in [3.05, 3.63) is 84.3 Å². The molecule has 0 atom stereocenters. The van der Waals surface area contributed by atoms with E-state index in [-0.39, 0.29) is 5.69 Å². The van der Waals surface area contributed by atoms with Crippen LogP contribution in [0.15, 0.2) is 71.9 Å². The number of ether oxygens (including phenoxy) is 1. The van der Waals surface area contributed by atoms with Crippen molar-refractivity contribution in [1.29, 1.82) is 0 Å². The van der Waals surface area contributed by atoms with E-state index in [1.54, 1.807) is 13.3 Å². The molecule has 0 bridgehead atoms. The SMILES string of the molecule is COc1cccc(-c2ccc3nc(C4=CN=CCC4)nc(Nc4cc(F)cc(F)c4)c3c2)c1. The third-order valence-electron chi connectivity index (χ3n) is 5.39. The Morgan fingerprint density at radius 2 is 1.73 bits per heavy atom. The van der Waals surface area contributed by atoms with E-state index in [2.05, 4.69) is 10.3 Å². The van der Waals surface area contributed by atoms with Crippen LogP contribution in [0.3, 0.4) is 0 Å². The number of benzene rings is 3. The predicted octanol–water partition coefficient (Wildman–Crippen LogP) is 6.53. The number of halogens is 2. The summed E-state index contributed by atoms with van der Waals surface area (Å²) in [5, 5.41) is 3.81. The second-order valence-electron chi connectivity index (χ2n) is 7.67. The molecule has 5 nitrogen and oxygen atoms in total. The van der Waals surface area contributed by atoms with Crippen LogP contribution in [-0.2, 0) is 0 Å². The van der Waals surface area contributed by atoms with Crippen LogP contribution in [-0.4, -0.2) is 23.3 Å². The Labute approximate surface area is 189 Å².